The van der Waals surface area contributed by atoms with Gasteiger partial charge in [-0.2, -0.15) is 0 Å². The molecule has 2 aromatic rings. The van der Waals surface area contributed by atoms with Crippen LogP contribution in [0, 0.1) is 0 Å². The zero-order valence-corrected chi connectivity index (χ0v) is 20.4. The normalized spacial score (nSPS) is 19.0. The Kier molecular flexibility index (Phi) is 7.76. The number of carbonyl (C=O) groups is 4. The van der Waals surface area contributed by atoms with Gasteiger partial charge in [0.25, 0.3) is 5.91 Å². The lowest BCUT2D eigenvalue weighted by atomic mass is 10.0. The maximum absolute atomic E-state index is 12.7. The fraction of sp³-hybridized carbons (Fsp3) is 0.292. The Morgan fingerprint density at radius 3 is 2.51 bits per heavy atom. The summed E-state index contributed by atoms with van der Waals surface area (Å²) < 4.78 is 4.92. The van der Waals surface area contributed by atoms with E-state index in [0.717, 1.165) is 26.7 Å². The van der Waals surface area contributed by atoms with Crippen LogP contribution in [0.15, 0.2) is 65.0 Å². The van der Waals surface area contributed by atoms with Crippen LogP contribution in [0.2, 0.25) is 0 Å². The Balaban J connectivity index is 1.32. The predicted molar refractivity (Wildman–Crippen MR) is 130 cm³/mol. The fourth-order valence-corrected chi connectivity index (χ4v) is 5.91. The summed E-state index contributed by atoms with van der Waals surface area (Å²) >= 11 is 3.03. The number of benzene rings is 1. The number of nitrogens with zero attached hydrogens (tertiary/aromatic N) is 2. The number of carbonyl (C=O) groups excluding carboxylic acids is 3. The smallest absolute Gasteiger partial charge is 0.352 e. The van der Waals surface area contributed by atoms with Gasteiger partial charge in [-0.05, 0) is 23.3 Å². The van der Waals surface area contributed by atoms with Crippen molar-refractivity contribution in [2.45, 2.75) is 35.4 Å². The van der Waals surface area contributed by atoms with Gasteiger partial charge in [-0.15, -0.1) is 23.5 Å². The number of nitrogens with one attached hydrogen (secondary N) is 1. The zero-order chi connectivity index (χ0) is 24.9. The van der Waals surface area contributed by atoms with Crippen molar-refractivity contribution >= 4 is 47.3 Å². The highest BCUT2D eigenvalue weighted by molar-refractivity contribution is 8.00. The predicted octanol–water partition coefficient (Wildman–Crippen LogP) is 2.22. The standard InChI is InChI=1S/C24H23N3O6S2/c1-14(28)33-11-17-13-35-23-20(22(30)27(23)21(17)24(31)32)26-19(29)10-15-2-4-16(5-3-15)12-34-18-6-8-25-9-7-18/h2-9,20,23H,10-13H2,1H3,(H,26,29)(H,31,32). The molecule has 3 heterocycles. The molecule has 0 saturated carbocycles. The third-order valence-corrected chi connectivity index (χ3v) is 7.88. The molecule has 35 heavy (non-hydrogen) atoms. The zero-order valence-electron chi connectivity index (χ0n) is 18.8. The molecule has 182 valence electrons. The first-order valence-electron chi connectivity index (χ1n) is 10.8. The molecule has 0 spiro atoms. The third-order valence-electron chi connectivity index (χ3n) is 5.46. The summed E-state index contributed by atoms with van der Waals surface area (Å²) in [5, 5.41) is 11.8. The van der Waals surface area contributed by atoms with Gasteiger partial charge < -0.3 is 15.2 Å². The van der Waals surface area contributed by atoms with Gasteiger partial charge in [0.15, 0.2) is 0 Å². The van der Waals surface area contributed by atoms with Crippen LogP contribution in [0.5, 0.6) is 0 Å². The Bertz CT molecular complexity index is 1170. The van der Waals surface area contributed by atoms with E-state index in [1.807, 2.05) is 36.4 Å². The number of β-lactam (4-membered cyclic amide) rings is 1. The first-order chi connectivity index (χ1) is 16.8. The van der Waals surface area contributed by atoms with Crippen LogP contribution in [0.3, 0.4) is 0 Å². The highest BCUT2D eigenvalue weighted by Gasteiger charge is 2.54. The van der Waals surface area contributed by atoms with Gasteiger partial charge in [0.2, 0.25) is 5.91 Å². The number of fused-ring (bicyclic) bond motifs is 1. The number of aliphatic carboxylic acids is 1. The summed E-state index contributed by atoms with van der Waals surface area (Å²) in [5.41, 5.74) is 2.12. The first kappa shape index (κ1) is 24.8. The number of aromatic nitrogens is 1. The van der Waals surface area contributed by atoms with Crippen LogP contribution in [-0.2, 0) is 36.1 Å². The van der Waals surface area contributed by atoms with E-state index < -0.39 is 29.3 Å². The van der Waals surface area contributed by atoms with E-state index in [1.54, 1.807) is 24.2 Å². The molecule has 0 radical (unpaired) electrons. The molecule has 1 fully saturated rings. The van der Waals surface area contributed by atoms with E-state index in [2.05, 4.69) is 10.3 Å². The number of carboxylic acids is 1. The average molecular weight is 514 g/mol. The fourth-order valence-electron chi connectivity index (χ4n) is 3.75. The summed E-state index contributed by atoms with van der Waals surface area (Å²) in [6, 6.07) is 10.8. The quantitative estimate of drug-likeness (QED) is 0.295. The lowest BCUT2D eigenvalue weighted by molar-refractivity contribution is -0.151. The number of thioether (sulfide) groups is 2. The molecule has 4 rings (SSSR count). The Morgan fingerprint density at radius 1 is 1.17 bits per heavy atom. The molecule has 2 unspecified atom stereocenters. The van der Waals surface area contributed by atoms with Crippen LogP contribution in [0.4, 0.5) is 0 Å². The molecule has 1 aromatic heterocycles. The lowest BCUT2D eigenvalue weighted by Gasteiger charge is -2.49. The Morgan fingerprint density at radius 2 is 1.86 bits per heavy atom. The van der Waals surface area contributed by atoms with E-state index in [1.165, 1.54) is 18.7 Å². The molecule has 2 aliphatic rings. The van der Waals surface area contributed by atoms with Gasteiger partial charge in [0.05, 0.1) is 6.42 Å². The number of amides is 2. The van der Waals surface area contributed by atoms with Crippen molar-refractivity contribution in [2.24, 2.45) is 0 Å². The van der Waals surface area contributed by atoms with E-state index in [0.29, 0.717) is 5.57 Å². The molecular formula is C24H23N3O6S2. The first-order valence-corrected chi connectivity index (χ1v) is 12.8. The van der Waals surface area contributed by atoms with Gasteiger partial charge in [-0.3, -0.25) is 24.3 Å². The SMILES string of the molecule is CC(=O)OCC1=C(C(=O)O)N2C(=O)C(NC(=O)Cc3ccc(CSc4ccncc4)cc3)C2SC1. The molecule has 9 nitrogen and oxygen atoms in total. The second-order valence-corrected chi connectivity index (χ2v) is 10.1. The minimum Gasteiger partial charge on any atom is -0.477 e. The highest BCUT2D eigenvalue weighted by Crippen LogP contribution is 2.40. The van der Waals surface area contributed by atoms with Crippen LogP contribution < -0.4 is 5.32 Å². The number of ether oxygens (including phenoxy) is 1. The van der Waals surface area contributed by atoms with E-state index in [-0.39, 0.29) is 30.4 Å². The van der Waals surface area contributed by atoms with Gasteiger partial charge in [-0.1, -0.05) is 24.3 Å². The molecule has 1 saturated heterocycles. The second-order valence-electron chi connectivity index (χ2n) is 7.96. The van der Waals surface area contributed by atoms with E-state index in [4.69, 9.17) is 4.74 Å². The number of esters is 1. The maximum atomic E-state index is 12.7. The van der Waals surface area contributed by atoms with Gasteiger partial charge >= 0.3 is 11.9 Å². The number of pyridine rings is 1. The van der Waals surface area contributed by atoms with Crippen molar-refractivity contribution in [1.29, 1.82) is 0 Å². The molecule has 2 amide bonds. The number of hydrogen-bond donors (Lipinski definition) is 2. The van der Waals surface area contributed by atoms with Gasteiger partial charge in [-0.25, -0.2) is 4.79 Å². The number of rotatable bonds is 9. The third kappa shape index (κ3) is 5.85. The second kappa shape index (κ2) is 11.0. The van der Waals surface area contributed by atoms with Crippen molar-refractivity contribution in [3.05, 3.63) is 71.2 Å². The topological polar surface area (TPSA) is 126 Å². The van der Waals surface area contributed by atoms with Crippen molar-refractivity contribution in [3.8, 4) is 0 Å². The molecule has 0 aliphatic carbocycles. The largest absolute Gasteiger partial charge is 0.477 e. The van der Waals surface area contributed by atoms with E-state index in [9.17, 15) is 24.3 Å². The summed E-state index contributed by atoms with van der Waals surface area (Å²) in [6.07, 6.45) is 3.61. The van der Waals surface area contributed by atoms with Gasteiger partial charge in [0.1, 0.15) is 23.7 Å². The van der Waals surface area contributed by atoms with Crippen molar-refractivity contribution in [1.82, 2.24) is 15.2 Å². The van der Waals surface area contributed by atoms with Crippen LogP contribution in [0.25, 0.3) is 0 Å². The van der Waals surface area contributed by atoms with Crippen LogP contribution in [0.1, 0.15) is 18.1 Å². The molecule has 2 atom stereocenters. The molecule has 11 heteroatoms. The summed E-state index contributed by atoms with van der Waals surface area (Å²) in [7, 11) is 0. The van der Waals surface area contributed by atoms with Crippen LogP contribution >= 0.6 is 23.5 Å². The lowest BCUT2D eigenvalue weighted by Crippen LogP contribution is -2.70. The minimum absolute atomic E-state index is 0.109. The minimum atomic E-state index is -1.27. The summed E-state index contributed by atoms with van der Waals surface area (Å²) in [5.74, 6) is -1.52. The molecule has 1 aromatic carbocycles. The van der Waals surface area contributed by atoms with Gasteiger partial charge in [0, 0.05) is 41.3 Å². The Hall–Kier alpha value is -3.31. The molecular weight excluding hydrogens is 490 g/mol. The monoisotopic (exact) mass is 513 g/mol. The van der Waals surface area contributed by atoms with Crippen molar-refractivity contribution in [3.63, 3.8) is 0 Å². The van der Waals surface area contributed by atoms with Crippen molar-refractivity contribution in [2.75, 3.05) is 12.4 Å². The molecule has 2 aliphatic heterocycles. The van der Waals surface area contributed by atoms with Crippen molar-refractivity contribution < 1.29 is 29.0 Å². The molecule has 0 bridgehead atoms. The summed E-state index contributed by atoms with van der Waals surface area (Å²) in [4.78, 5) is 54.5. The molecule has 2 N–H and O–H groups in total. The number of hydrogen-bond acceptors (Lipinski definition) is 8. The van der Waals surface area contributed by atoms with E-state index >= 15 is 0 Å². The number of carboxylic acid groups (broad SMARTS) is 1. The van der Waals surface area contributed by atoms with Crippen LogP contribution in [-0.4, -0.2) is 62.5 Å². The highest BCUT2D eigenvalue weighted by atomic mass is 32.2. The average Bonchev–Trinajstić information content (AvgIpc) is 2.85. The maximum Gasteiger partial charge on any atom is 0.352 e. The Labute approximate surface area is 210 Å². The summed E-state index contributed by atoms with van der Waals surface area (Å²) in [6.45, 7) is 1.05.